The van der Waals surface area contributed by atoms with E-state index in [1.807, 2.05) is 11.9 Å². The van der Waals surface area contributed by atoms with Crippen molar-refractivity contribution in [1.82, 2.24) is 4.90 Å². The van der Waals surface area contributed by atoms with Crippen molar-refractivity contribution < 1.29 is 9.18 Å². The number of nitrogens with two attached hydrogens (primary N) is 1. The number of hydrogen-bond donors (Lipinski definition) is 2. The minimum atomic E-state index is -0.366. The zero-order valence-corrected chi connectivity index (χ0v) is 12.4. The molecular formula is C15H24FN3O. The predicted molar refractivity (Wildman–Crippen MR) is 80.0 cm³/mol. The zero-order valence-electron chi connectivity index (χ0n) is 12.4. The summed E-state index contributed by atoms with van der Waals surface area (Å²) in [7, 11) is 1.89. The topological polar surface area (TPSA) is 58.4 Å². The number of hydrogen-bond acceptors (Lipinski definition) is 3. The summed E-state index contributed by atoms with van der Waals surface area (Å²) in [6, 6.07) is 5.87. The van der Waals surface area contributed by atoms with Gasteiger partial charge < -0.3 is 11.1 Å². The van der Waals surface area contributed by atoms with Crippen LogP contribution in [0, 0.1) is 5.82 Å². The normalized spacial score (nSPS) is 11.7. The Kier molecular flexibility index (Phi) is 6.10. The van der Waals surface area contributed by atoms with E-state index in [0.29, 0.717) is 12.2 Å². The second kappa shape index (κ2) is 7.36. The van der Waals surface area contributed by atoms with Crippen LogP contribution in [0.25, 0.3) is 0 Å². The van der Waals surface area contributed by atoms with Crippen LogP contribution in [0.1, 0.15) is 26.7 Å². The number of carbonyl (C=O) groups excluding carboxylic acids is 1. The van der Waals surface area contributed by atoms with Crippen molar-refractivity contribution in [2.24, 2.45) is 5.73 Å². The average Bonchev–Trinajstić information content (AvgIpc) is 2.41. The minimum Gasteiger partial charge on any atom is -0.329 e. The molecule has 1 amide bonds. The van der Waals surface area contributed by atoms with Gasteiger partial charge in [-0.3, -0.25) is 9.69 Å². The van der Waals surface area contributed by atoms with Crippen LogP contribution >= 0.6 is 0 Å². The summed E-state index contributed by atoms with van der Waals surface area (Å²) < 4.78 is 13.1. The lowest BCUT2D eigenvalue weighted by molar-refractivity contribution is -0.118. The van der Waals surface area contributed by atoms with Gasteiger partial charge in [-0.1, -0.05) is 19.9 Å². The van der Waals surface area contributed by atoms with Crippen molar-refractivity contribution in [3.8, 4) is 0 Å². The van der Waals surface area contributed by atoms with Crippen LogP contribution in [0.15, 0.2) is 24.3 Å². The summed E-state index contributed by atoms with van der Waals surface area (Å²) in [6.45, 7) is 4.87. The van der Waals surface area contributed by atoms with E-state index in [9.17, 15) is 9.18 Å². The van der Waals surface area contributed by atoms with Gasteiger partial charge in [0.15, 0.2) is 0 Å². The monoisotopic (exact) mass is 281 g/mol. The van der Waals surface area contributed by atoms with Crippen LogP contribution in [0.5, 0.6) is 0 Å². The lowest BCUT2D eigenvalue weighted by atomic mass is 9.91. The van der Waals surface area contributed by atoms with Gasteiger partial charge in [0.25, 0.3) is 0 Å². The van der Waals surface area contributed by atoms with Crippen molar-refractivity contribution in [3.63, 3.8) is 0 Å². The van der Waals surface area contributed by atoms with Gasteiger partial charge in [0.2, 0.25) is 5.91 Å². The van der Waals surface area contributed by atoms with Crippen LogP contribution in [0.3, 0.4) is 0 Å². The van der Waals surface area contributed by atoms with Crippen molar-refractivity contribution >= 4 is 11.6 Å². The molecule has 0 heterocycles. The lowest BCUT2D eigenvalue weighted by Gasteiger charge is -2.39. The third-order valence-corrected chi connectivity index (χ3v) is 4.00. The molecule has 4 nitrogen and oxygen atoms in total. The van der Waals surface area contributed by atoms with E-state index in [1.165, 1.54) is 12.1 Å². The molecule has 0 saturated carbocycles. The van der Waals surface area contributed by atoms with Gasteiger partial charge in [-0.15, -0.1) is 0 Å². The minimum absolute atomic E-state index is 0.167. The van der Waals surface area contributed by atoms with E-state index in [4.69, 9.17) is 5.73 Å². The predicted octanol–water partition coefficient (Wildman–Crippen LogP) is 2.21. The summed E-state index contributed by atoms with van der Waals surface area (Å²) in [5.74, 6) is -0.535. The third kappa shape index (κ3) is 4.02. The van der Waals surface area contributed by atoms with Crippen molar-refractivity contribution in [3.05, 3.63) is 30.1 Å². The molecule has 0 atom stereocenters. The number of carbonyl (C=O) groups is 1. The average molecular weight is 281 g/mol. The number of benzene rings is 1. The molecule has 20 heavy (non-hydrogen) atoms. The van der Waals surface area contributed by atoms with Gasteiger partial charge in [-0.05, 0) is 38.1 Å². The largest absolute Gasteiger partial charge is 0.329 e. The molecule has 1 aromatic carbocycles. The van der Waals surface area contributed by atoms with Crippen LogP contribution in [0.4, 0.5) is 10.1 Å². The van der Waals surface area contributed by atoms with E-state index in [1.54, 1.807) is 12.1 Å². The number of halogens is 1. The number of rotatable bonds is 7. The maximum atomic E-state index is 13.1. The molecule has 0 aliphatic rings. The van der Waals surface area contributed by atoms with Crippen LogP contribution in [-0.4, -0.2) is 36.5 Å². The summed E-state index contributed by atoms with van der Waals surface area (Å²) in [4.78, 5) is 14.0. The van der Waals surface area contributed by atoms with Gasteiger partial charge in [0.05, 0.1) is 6.54 Å². The number of likely N-dealkylation sites (N-methyl/N-ethyl adjacent to an activating group) is 1. The van der Waals surface area contributed by atoms with E-state index in [-0.39, 0.29) is 23.8 Å². The Morgan fingerprint density at radius 1 is 1.40 bits per heavy atom. The highest BCUT2D eigenvalue weighted by Crippen LogP contribution is 2.21. The molecular weight excluding hydrogens is 257 g/mol. The van der Waals surface area contributed by atoms with E-state index >= 15 is 0 Å². The second-order valence-electron chi connectivity index (χ2n) is 5.05. The lowest BCUT2D eigenvalue weighted by Crippen LogP contribution is -2.53. The van der Waals surface area contributed by atoms with Gasteiger partial charge >= 0.3 is 0 Å². The molecule has 0 unspecified atom stereocenters. The van der Waals surface area contributed by atoms with E-state index in [2.05, 4.69) is 19.2 Å². The Hall–Kier alpha value is -1.46. The van der Waals surface area contributed by atoms with E-state index < -0.39 is 0 Å². The fraction of sp³-hybridized carbons (Fsp3) is 0.533. The molecule has 0 radical (unpaired) electrons. The fourth-order valence-electron chi connectivity index (χ4n) is 2.38. The second-order valence-corrected chi connectivity index (χ2v) is 5.05. The first-order chi connectivity index (χ1) is 9.47. The Morgan fingerprint density at radius 2 is 2.05 bits per heavy atom. The van der Waals surface area contributed by atoms with Gasteiger partial charge in [0, 0.05) is 17.8 Å². The quantitative estimate of drug-likeness (QED) is 0.805. The molecule has 0 bridgehead atoms. The van der Waals surface area contributed by atoms with Gasteiger partial charge in [0.1, 0.15) is 5.82 Å². The highest BCUT2D eigenvalue weighted by atomic mass is 19.1. The molecule has 0 aliphatic heterocycles. The molecule has 0 aliphatic carbocycles. The molecule has 0 spiro atoms. The van der Waals surface area contributed by atoms with Gasteiger partial charge in [-0.25, -0.2) is 4.39 Å². The Labute approximate surface area is 120 Å². The van der Waals surface area contributed by atoms with Crippen LogP contribution in [0.2, 0.25) is 0 Å². The Bertz CT molecular complexity index is 438. The molecule has 0 saturated heterocycles. The SMILES string of the molecule is CCC(CC)(CN)N(C)CC(=O)Nc1cccc(F)c1. The van der Waals surface area contributed by atoms with Gasteiger partial charge in [-0.2, -0.15) is 0 Å². The highest BCUT2D eigenvalue weighted by Gasteiger charge is 2.30. The molecule has 1 rings (SSSR count). The van der Waals surface area contributed by atoms with Crippen molar-refractivity contribution in [1.29, 1.82) is 0 Å². The highest BCUT2D eigenvalue weighted by molar-refractivity contribution is 5.92. The number of anilines is 1. The summed E-state index contributed by atoms with van der Waals surface area (Å²) >= 11 is 0. The first-order valence-electron chi connectivity index (χ1n) is 6.94. The molecule has 0 aromatic heterocycles. The van der Waals surface area contributed by atoms with Crippen LogP contribution in [-0.2, 0) is 4.79 Å². The number of nitrogens with one attached hydrogen (secondary N) is 1. The van der Waals surface area contributed by atoms with Crippen LogP contribution < -0.4 is 11.1 Å². The third-order valence-electron chi connectivity index (χ3n) is 4.00. The summed E-state index contributed by atoms with van der Waals surface area (Å²) in [6.07, 6.45) is 1.76. The number of nitrogens with zero attached hydrogens (tertiary/aromatic N) is 1. The smallest absolute Gasteiger partial charge is 0.238 e. The first kappa shape index (κ1) is 16.6. The molecule has 3 N–H and O–H groups in total. The Morgan fingerprint density at radius 3 is 2.55 bits per heavy atom. The molecule has 0 fully saturated rings. The first-order valence-corrected chi connectivity index (χ1v) is 6.94. The summed E-state index contributed by atoms with van der Waals surface area (Å²) in [5.41, 5.74) is 6.15. The van der Waals surface area contributed by atoms with Crippen molar-refractivity contribution in [2.75, 3.05) is 25.5 Å². The molecule has 5 heteroatoms. The summed E-state index contributed by atoms with van der Waals surface area (Å²) in [5, 5.41) is 2.70. The standard InChI is InChI=1S/C15H24FN3O/c1-4-15(5-2,11-17)19(3)10-14(20)18-13-8-6-7-12(16)9-13/h6-9H,4-5,10-11,17H2,1-3H3,(H,18,20). The zero-order chi connectivity index (χ0) is 15.2. The maximum absolute atomic E-state index is 13.1. The fourth-order valence-corrected chi connectivity index (χ4v) is 2.38. The molecule has 1 aromatic rings. The molecule has 112 valence electrons. The maximum Gasteiger partial charge on any atom is 0.238 e. The van der Waals surface area contributed by atoms with Crippen molar-refractivity contribution in [2.45, 2.75) is 32.2 Å². The number of amides is 1. The Balaban J connectivity index is 2.66. The van der Waals surface area contributed by atoms with E-state index in [0.717, 1.165) is 12.8 Å².